The molecule has 0 radical (unpaired) electrons. The van der Waals surface area contributed by atoms with Crippen LogP contribution in [0.3, 0.4) is 0 Å². The summed E-state index contributed by atoms with van der Waals surface area (Å²) >= 11 is 5.82. The SMILES string of the molecule is Cc1cc(S(=O)(=O)NCC2CCN(c3ccc(F)c(F)c3)C2)cnc1Cl. The lowest BCUT2D eigenvalue weighted by atomic mass is 10.1. The number of pyridine rings is 1. The molecule has 1 aliphatic heterocycles. The summed E-state index contributed by atoms with van der Waals surface area (Å²) in [5, 5.41) is 0.266. The van der Waals surface area contributed by atoms with Crippen LogP contribution in [0, 0.1) is 24.5 Å². The lowest BCUT2D eigenvalue weighted by molar-refractivity contribution is 0.508. The number of hydrogen-bond donors (Lipinski definition) is 1. The Morgan fingerprint density at radius 2 is 2.08 bits per heavy atom. The van der Waals surface area contributed by atoms with Crippen molar-refractivity contribution in [3.05, 3.63) is 52.8 Å². The first-order valence-electron chi connectivity index (χ1n) is 8.08. The predicted molar refractivity (Wildman–Crippen MR) is 95.9 cm³/mol. The highest BCUT2D eigenvalue weighted by Crippen LogP contribution is 2.25. The van der Waals surface area contributed by atoms with Gasteiger partial charge in [0.1, 0.15) is 10.0 Å². The molecule has 1 aliphatic rings. The largest absolute Gasteiger partial charge is 0.371 e. The summed E-state index contributed by atoms with van der Waals surface area (Å²) in [5.41, 5.74) is 1.17. The third-order valence-corrected chi connectivity index (χ3v) is 6.20. The second-order valence-electron chi connectivity index (χ2n) is 6.33. The Morgan fingerprint density at radius 1 is 1.31 bits per heavy atom. The summed E-state index contributed by atoms with van der Waals surface area (Å²) in [7, 11) is -3.68. The van der Waals surface area contributed by atoms with Crippen LogP contribution in [0.25, 0.3) is 0 Å². The fourth-order valence-corrected chi connectivity index (χ4v) is 4.15. The molecule has 0 aliphatic carbocycles. The summed E-state index contributed by atoms with van der Waals surface area (Å²) in [6.45, 7) is 3.15. The molecule has 0 saturated carbocycles. The highest BCUT2D eigenvalue weighted by Gasteiger charge is 2.25. The van der Waals surface area contributed by atoms with Crippen molar-refractivity contribution in [1.82, 2.24) is 9.71 Å². The van der Waals surface area contributed by atoms with Gasteiger partial charge in [-0.2, -0.15) is 0 Å². The maximum absolute atomic E-state index is 13.4. The van der Waals surface area contributed by atoms with Crippen molar-refractivity contribution in [2.45, 2.75) is 18.2 Å². The number of nitrogens with one attached hydrogen (secondary N) is 1. The van der Waals surface area contributed by atoms with Crippen LogP contribution in [0.4, 0.5) is 14.5 Å². The van der Waals surface area contributed by atoms with E-state index in [1.807, 2.05) is 4.90 Å². The van der Waals surface area contributed by atoms with Gasteiger partial charge in [-0.3, -0.25) is 0 Å². The Morgan fingerprint density at radius 3 is 2.77 bits per heavy atom. The minimum Gasteiger partial charge on any atom is -0.371 e. The number of benzene rings is 1. The van der Waals surface area contributed by atoms with Gasteiger partial charge in [0.05, 0.1) is 0 Å². The Balaban J connectivity index is 1.61. The van der Waals surface area contributed by atoms with E-state index in [9.17, 15) is 17.2 Å². The molecule has 3 rings (SSSR count). The van der Waals surface area contributed by atoms with Crippen LogP contribution < -0.4 is 9.62 Å². The van der Waals surface area contributed by atoms with Gasteiger partial charge in [-0.1, -0.05) is 11.6 Å². The topological polar surface area (TPSA) is 62.3 Å². The third kappa shape index (κ3) is 4.13. The summed E-state index contributed by atoms with van der Waals surface area (Å²) in [5.74, 6) is -1.71. The summed E-state index contributed by atoms with van der Waals surface area (Å²) in [6.07, 6.45) is 1.97. The zero-order chi connectivity index (χ0) is 18.9. The van der Waals surface area contributed by atoms with Gasteiger partial charge >= 0.3 is 0 Å². The molecule has 1 fully saturated rings. The Kier molecular flexibility index (Phi) is 5.45. The Hall–Kier alpha value is -1.77. The van der Waals surface area contributed by atoms with Crippen molar-refractivity contribution in [2.75, 3.05) is 24.5 Å². The molecule has 1 unspecified atom stereocenters. The lowest BCUT2D eigenvalue weighted by Crippen LogP contribution is -2.31. The predicted octanol–water partition coefficient (Wildman–Crippen LogP) is 3.13. The number of rotatable bonds is 5. The molecule has 1 aromatic carbocycles. The summed E-state index contributed by atoms with van der Waals surface area (Å²) in [4.78, 5) is 5.84. The fourth-order valence-electron chi connectivity index (χ4n) is 2.91. The number of anilines is 1. The van der Waals surface area contributed by atoms with Crippen molar-refractivity contribution in [3.8, 4) is 0 Å². The number of halogens is 3. The Bertz CT molecular complexity index is 924. The molecule has 0 bridgehead atoms. The molecule has 9 heteroatoms. The van der Waals surface area contributed by atoms with Crippen LogP contribution in [-0.4, -0.2) is 33.0 Å². The highest BCUT2D eigenvalue weighted by atomic mass is 35.5. The van der Waals surface area contributed by atoms with E-state index in [1.54, 1.807) is 6.92 Å². The summed E-state index contributed by atoms with van der Waals surface area (Å²) in [6, 6.07) is 5.24. The number of aryl methyl sites for hydroxylation is 1. The van der Waals surface area contributed by atoms with E-state index in [0.29, 0.717) is 24.3 Å². The molecule has 1 aromatic heterocycles. The van der Waals surface area contributed by atoms with Crippen LogP contribution in [0.1, 0.15) is 12.0 Å². The standard InChI is InChI=1S/C17H18ClF2N3O2S/c1-11-6-14(9-21-17(11)18)26(24,25)22-8-12-4-5-23(10-12)13-2-3-15(19)16(20)7-13/h2-3,6-7,9,12,22H,4-5,8,10H2,1H3. The average Bonchev–Trinajstić information content (AvgIpc) is 3.07. The second-order valence-corrected chi connectivity index (χ2v) is 8.45. The molecular formula is C17H18ClF2N3O2S. The highest BCUT2D eigenvalue weighted by molar-refractivity contribution is 7.89. The van der Waals surface area contributed by atoms with E-state index in [4.69, 9.17) is 11.6 Å². The molecule has 1 saturated heterocycles. The minimum atomic E-state index is -3.68. The van der Waals surface area contributed by atoms with E-state index in [-0.39, 0.29) is 22.5 Å². The summed E-state index contributed by atoms with van der Waals surface area (Å²) < 4.78 is 53.8. The van der Waals surface area contributed by atoms with Crippen molar-refractivity contribution < 1.29 is 17.2 Å². The van der Waals surface area contributed by atoms with Gasteiger partial charge in [-0.05, 0) is 43.0 Å². The second kappa shape index (κ2) is 7.46. The molecule has 0 spiro atoms. The molecule has 26 heavy (non-hydrogen) atoms. The van der Waals surface area contributed by atoms with Crippen molar-refractivity contribution >= 4 is 27.3 Å². The van der Waals surface area contributed by atoms with E-state index in [1.165, 1.54) is 18.3 Å². The zero-order valence-corrected chi connectivity index (χ0v) is 15.6. The molecular weight excluding hydrogens is 384 g/mol. The van der Waals surface area contributed by atoms with Gasteiger partial charge in [-0.15, -0.1) is 0 Å². The lowest BCUT2D eigenvalue weighted by Gasteiger charge is -2.19. The van der Waals surface area contributed by atoms with Gasteiger partial charge in [0.15, 0.2) is 11.6 Å². The van der Waals surface area contributed by atoms with Crippen LogP contribution >= 0.6 is 11.6 Å². The van der Waals surface area contributed by atoms with Gasteiger partial charge in [-0.25, -0.2) is 26.9 Å². The van der Waals surface area contributed by atoms with E-state index in [2.05, 4.69) is 9.71 Å². The van der Waals surface area contributed by atoms with E-state index >= 15 is 0 Å². The first-order chi connectivity index (χ1) is 12.3. The van der Waals surface area contributed by atoms with Crippen LogP contribution in [-0.2, 0) is 10.0 Å². The number of sulfonamides is 1. The monoisotopic (exact) mass is 401 g/mol. The van der Waals surface area contributed by atoms with Crippen LogP contribution in [0.5, 0.6) is 0 Å². The first kappa shape index (κ1) is 19.0. The molecule has 2 aromatic rings. The average molecular weight is 402 g/mol. The molecule has 1 atom stereocenters. The molecule has 2 heterocycles. The van der Waals surface area contributed by atoms with Gasteiger partial charge in [0.25, 0.3) is 0 Å². The van der Waals surface area contributed by atoms with Crippen molar-refractivity contribution in [2.24, 2.45) is 5.92 Å². The van der Waals surface area contributed by atoms with Crippen molar-refractivity contribution in [3.63, 3.8) is 0 Å². The smallest absolute Gasteiger partial charge is 0.242 e. The quantitative estimate of drug-likeness (QED) is 0.782. The van der Waals surface area contributed by atoms with Crippen molar-refractivity contribution in [1.29, 1.82) is 0 Å². The molecule has 140 valence electrons. The van der Waals surface area contributed by atoms with E-state index < -0.39 is 21.7 Å². The molecule has 0 amide bonds. The molecule has 1 N–H and O–H groups in total. The van der Waals surface area contributed by atoms with Crippen LogP contribution in [0.15, 0.2) is 35.4 Å². The first-order valence-corrected chi connectivity index (χ1v) is 9.94. The van der Waals surface area contributed by atoms with Gasteiger partial charge in [0.2, 0.25) is 10.0 Å². The number of aromatic nitrogens is 1. The number of nitrogens with zero attached hydrogens (tertiary/aromatic N) is 2. The maximum Gasteiger partial charge on any atom is 0.242 e. The van der Waals surface area contributed by atoms with Gasteiger partial charge in [0, 0.05) is 37.6 Å². The maximum atomic E-state index is 13.4. The van der Waals surface area contributed by atoms with Gasteiger partial charge < -0.3 is 4.90 Å². The van der Waals surface area contributed by atoms with Crippen LogP contribution in [0.2, 0.25) is 5.15 Å². The zero-order valence-electron chi connectivity index (χ0n) is 14.0. The Labute approximate surface area is 156 Å². The molecule has 5 nitrogen and oxygen atoms in total. The number of hydrogen-bond acceptors (Lipinski definition) is 4. The third-order valence-electron chi connectivity index (χ3n) is 4.42. The fraction of sp³-hybridized carbons (Fsp3) is 0.353. The minimum absolute atomic E-state index is 0.0647. The van der Waals surface area contributed by atoms with E-state index in [0.717, 1.165) is 18.6 Å². The normalized spacial score (nSPS) is 17.7.